The molecule has 0 aliphatic carbocycles. The minimum atomic E-state index is -1.10. The monoisotopic (exact) mass is 338 g/mol. The van der Waals surface area contributed by atoms with Crippen molar-refractivity contribution >= 4 is 34.5 Å². The molecule has 0 aromatic carbocycles. The number of carboxylic acid groups (broad SMARTS) is 1. The van der Waals surface area contributed by atoms with Crippen LogP contribution in [0.15, 0.2) is 0 Å². The highest BCUT2D eigenvalue weighted by Gasteiger charge is 2.19. The lowest BCUT2D eigenvalue weighted by Gasteiger charge is -2.03. The summed E-state index contributed by atoms with van der Waals surface area (Å²) in [5, 5.41) is 12.7. The summed E-state index contributed by atoms with van der Waals surface area (Å²) >= 11 is 1.89. The number of carboxylic acids is 1. The number of aromatic nitrogens is 2. The second kappa shape index (κ2) is 5.28. The van der Waals surface area contributed by atoms with E-state index in [0.717, 1.165) is 0 Å². The van der Waals surface area contributed by atoms with Gasteiger partial charge in [-0.25, -0.2) is 4.79 Å². The molecule has 0 spiro atoms. The van der Waals surface area contributed by atoms with Crippen molar-refractivity contribution in [3.63, 3.8) is 0 Å². The molecule has 0 unspecified atom stereocenters. The van der Waals surface area contributed by atoms with Gasteiger partial charge in [0.25, 0.3) is 0 Å². The zero-order valence-electron chi connectivity index (χ0n) is 8.86. The number of nitrogens with zero attached hydrogens (tertiary/aromatic N) is 2. The Hall–Kier alpha value is -1.12. The molecule has 6 nitrogen and oxygen atoms in total. The summed E-state index contributed by atoms with van der Waals surface area (Å²) in [5.41, 5.74) is 0.605. The molecule has 0 atom stereocenters. The summed E-state index contributed by atoms with van der Waals surface area (Å²) in [6, 6.07) is 0. The number of hydrogen-bond acceptors (Lipinski definition) is 4. The zero-order chi connectivity index (χ0) is 12.3. The standard InChI is InChI=1S/C9H11IN2O4/c1-3-16-6(13)4-12-5(2)7(10)8(11-12)9(14)15/h3-4H2,1-2H3,(H,14,15). The highest BCUT2D eigenvalue weighted by molar-refractivity contribution is 14.1. The predicted molar refractivity (Wildman–Crippen MR) is 63.3 cm³/mol. The van der Waals surface area contributed by atoms with E-state index in [0.29, 0.717) is 15.9 Å². The molecular weight excluding hydrogens is 327 g/mol. The Labute approximate surface area is 106 Å². The van der Waals surface area contributed by atoms with Crippen LogP contribution in [0.1, 0.15) is 23.1 Å². The number of rotatable bonds is 4. The van der Waals surface area contributed by atoms with Crippen LogP contribution in [-0.2, 0) is 16.1 Å². The normalized spacial score (nSPS) is 10.2. The first-order valence-corrected chi connectivity index (χ1v) is 5.67. The zero-order valence-corrected chi connectivity index (χ0v) is 11.0. The van der Waals surface area contributed by atoms with Crippen LogP contribution >= 0.6 is 22.6 Å². The first-order chi connectivity index (χ1) is 7.47. The quantitative estimate of drug-likeness (QED) is 0.656. The van der Waals surface area contributed by atoms with E-state index in [-0.39, 0.29) is 12.2 Å². The van der Waals surface area contributed by atoms with Gasteiger partial charge in [-0.05, 0) is 36.4 Å². The molecule has 1 aromatic heterocycles. The van der Waals surface area contributed by atoms with Crippen molar-refractivity contribution in [2.24, 2.45) is 0 Å². The molecule has 0 saturated heterocycles. The van der Waals surface area contributed by atoms with Gasteiger partial charge >= 0.3 is 11.9 Å². The summed E-state index contributed by atoms with van der Waals surface area (Å²) in [4.78, 5) is 22.0. The number of hydrogen-bond donors (Lipinski definition) is 1. The van der Waals surface area contributed by atoms with Crippen molar-refractivity contribution in [1.82, 2.24) is 9.78 Å². The molecule has 16 heavy (non-hydrogen) atoms. The molecule has 1 N–H and O–H groups in total. The fraction of sp³-hybridized carbons (Fsp3) is 0.444. The van der Waals surface area contributed by atoms with Gasteiger partial charge in [0.2, 0.25) is 0 Å². The maximum Gasteiger partial charge on any atom is 0.357 e. The first-order valence-electron chi connectivity index (χ1n) is 4.59. The topological polar surface area (TPSA) is 81.4 Å². The third-order valence-electron chi connectivity index (χ3n) is 1.92. The van der Waals surface area contributed by atoms with Gasteiger partial charge in [0.05, 0.1) is 15.9 Å². The average molecular weight is 338 g/mol. The average Bonchev–Trinajstić information content (AvgIpc) is 2.46. The minimum Gasteiger partial charge on any atom is -0.476 e. The molecule has 88 valence electrons. The van der Waals surface area contributed by atoms with Crippen molar-refractivity contribution in [3.05, 3.63) is 15.0 Å². The second-order valence-electron chi connectivity index (χ2n) is 3.02. The van der Waals surface area contributed by atoms with Crippen LogP contribution in [0.5, 0.6) is 0 Å². The van der Waals surface area contributed by atoms with E-state index < -0.39 is 11.9 Å². The molecule has 0 aliphatic rings. The first kappa shape index (κ1) is 12.9. The molecule has 0 bridgehead atoms. The van der Waals surface area contributed by atoms with Crippen molar-refractivity contribution in [2.45, 2.75) is 20.4 Å². The molecule has 0 amide bonds. The van der Waals surface area contributed by atoms with E-state index >= 15 is 0 Å². The van der Waals surface area contributed by atoms with Crippen molar-refractivity contribution in [3.8, 4) is 0 Å². The Morgan fingerprint density at radius 1 is 1.56 bits per heavy atom. The van der Waals surface area contributed by atoms with Crippen LogP contribution in [0.4, 0.5) is 0 Å². The van der Waals surface area contributed by atoms with Gasteiger partial charge in [-0.3, -0.25) is 9.48 Å². The summed E-state index contributed by atoms with van der Waals surface area (Å²) in [7, 11) is 0. The van der Waals surface area contributed by atoms with E-state index in [4.69, 9.17) is 9.84 Å². The maximum atomic E-state index is 11.2. The Kier molecular flexibility index (Phi) is 4.27. The Balaban J connectivity index is 2.94. The number of ether oxygens (including phenoxy) is 1. The maximum absolute atomic E-state index is 11.2. The molecule has 1 aromatic rings. The highest BCUT2D eigenvalue weighted by Crippen LogP contribution is 2.16. The van der Waals surface area contributed by atoms with Gasteiger partial charge in [0.15, 0.2) is 5.69 Å². The Morgan fingerprint density at radius 2 is 2.19 bits per heavy atom. The minimum absolute atomic E-state index is 0.0394. The molecule has 0 aliphatic heterocycles. The van der Waals surface area contributed by atoms with Gasteiger partial charge in [-0.1, -0.05) is 0 Å². The summed E-state index contributed by atoms with van der Waals surface area (Å²) in [6.07, 6.45) is 0. The van der Waals surface area contributed by atoms with Crippen molar-refractivity contribution < 1.29 is 19.4 Å². The van der Waals surface area contributed by atoms with E-state index in [9.17, 15) is 9.59 Å². The van der Waals surface area contributed by atoms with Crippen molar-refractivity contribution in [2.75, 3.05) is 6.61 Å². The lowest BCUT2D eigenvalue weighted by molar-refractivity contribution is -0.144. The smallest absolute Gasteiger partial charge is 0.357 e. The van der Waals surface area contributed by atoms with Crippen molar-refractivity contribution in [1.29, 1.82) is 0 Å². The summed E-state index contributed by atoms with van der Waals surface area (Å²) in [5.74, 6) is -1.53. The largest absolute Gasteiger partial charge is 0.476 e. The fourth-order valence-corrected chi connectivity index (χ4v) is 1.76. The lowest BCUT2D eigenvalue weighted by Crippen LogP contribution is -2.16. The molecule has 1 heterocycles. The van der Waals surface area contributed by atoms with Crippen LogP contribution < -0.4 is 0 Å². The number of esters is 1. The molecule has 0 radical (unpaired) electrons. The van der Waals surface area contributed by atoms with Crippen LogP contribution in [0.3, 0.4) is 0 Å². The number of carbonyl (C=O) groups is 2. The van der Waals surface area contributed by atoms with E-state index in [1.54, 1.807) is 13.8 Å². The number of carbonyl (C=O) groups excluding carboxylic acids is 1. The molecule has 0 fully saturated rings. The fourth-order valence-electron chi connectivity index (χ4n) is 1.14. The second-order valence-corrected chi connectivity index (χ2v) is 4.09. The molecular formula is C9H11IN2O4. The SMILES string of the molecule is CCOC(=O)Cn1nc(C(=O)O)c(I)c1C. The summed E-state index contributed by atoms with van der Waals surface area (Å²) < 4.78 is 6.63. The predicted octanol–water partition coefficient (Wildman–Crippen LogP) is 1.06. The van der Waals surface area contributed by atoms with Crippen LogP contribution in [-0.4, -0.2) is 33.4 Å². The van der Waals surface area contributed by atoms with E-state index in [2.05, 4.69) is 5.10 Å². The molecule has 7 heteroatoms. The molecule has 1 rings (SSSR count). The van der Waals surface area contributed by atoms with Gasteiger partial charge in [0, 0.05) is 0 Å². The van der Waals surface area contributed by atoms with Crippen LogP contribution in [0.2, 0.25) is 0 Å². The van der Waals surface area contributed by atoms with Gasteiger partial charge < -0.3 is 9.84 Å². The Morgan fingerprint density at radius 3 is 2.62 bits per heavy atom. The van der Waals surface area contributed by atoms with E-state index in [1.807, 2.05) is 22.6 Å². The lowest BCUT2D eigenvalue weighted by atomic mass is 10.4. The van der Waals surface area contributed by atoms with Gasteiger partial charge in [0.1, 0.15) is 6.54 Å². The van der Waals surface area contributed by atoms with Crippen LogP contribution in [0, 0.1) is 10.5 Å². The van der Waals surface area contributed by atoms with Crippen LogP contribution in [0.25, 0.3) is 0 Å². The third kappa shape index (κ3) is 2.71. The number of aromatic carboxylic acids is 1. The Bertz CT molecular complexity index is 427. The van der Waals surface area contributed by atoms with Gasteiger partial charge in [-0.2, -0.15) is 5.10 Å². The highest BCUT2D eigenvalue weighted by atomic mass is 127. The number of halogens is 1. The molecule has 0 saturated carbocycles. The van der Waals surface area contributed by atoms with E-state index in [1.165, 1.54) is 4.68 Å². The van der Waals surface area contributed by atoms with Gasteiger partial charge in [-0.15, -0.1) is 0 Å². The third-order valence-corrected chi connectivity index (χ3v) is 3.21. The summed E-state index contributed by atoms with van der Waals surface area (Å²) in [6.45, 7) is 3.64.